The van der Waals surface area contributed by atoms with E-state index in [4.69, 9.17) is 9.47 Å². The molecule has 0 aliphatic carbocycles. The number of carbonyl (C=O) groups is 1. The predicted molar refractivity (Wildman–Crippen MR) is 103 cm³/mol. The van der Waals surface area contributed by atoms with Crippen molar-refractivity contribution in [2.45, 2.75) is 19.3 Å². The topological polar surface area (TPSA) is 63.2 Å². The summed E-state index contributed by atoms with van der Waals surface area (Å²) in [5, 5.41) is 6.33. The number of benzene rings is 1. The minimum Gasteiger partial charge on any atom is -0.497 e. The second-order valence-electron chi connectivity index (χ2n) is 6.62. The molecule has 1 aromatic carbocycles. The van der Waals surface area contributed by atoms with Crippen molar-refractivity contribution < 1.29 is 14.3 Å². The highest BCUT2D eigenvalue weighted by Crippen LogP contribution is 2.32. The van der Waals surface area contributed by atoms with Crippen molar-refractivity contribution in [3.05, 3.63) is 34.9 Å². The summed E-state index contributed by atoms with van der Waals surface area (Å²) in [4.78, 5) is 19.3. The van der Waals surface area contributed by atoms with Gasteiger partial charge in [-0.05, 0) is 29.9 Å². The Morgan fingerprint density at radius 3 is 3.31 bits per heavy atom. The standard InChI is InChI=1S/C19H23N3O3S/c1-24-16-4-3-13-9-14(11-25-17(13)10-16)18(23)20-7-5-15-12-26-19-21-6-2-8-22(15)19/h3-4,10,12,14H,2,5-9,11H2,1H3,(H,20,23)/t14-/m1/s1. The van der Waals surface area contributed by atoms with E-state index in [9.17, 15) is 4.79 Å². The molecule has 3 aliphatic heterocycles. The largest absolute Gasteiger partial charge is 0.497 e. The number of nitrogens with zero attached hydrogens (tertiary/aromatic N) is 2. The maximum atomic E-state index is 12.5. The molecule has 3 aliphatic rings. The number of fused-ring (bicyclic) bond motifs is 2. The zero-order valence-corrected chi connectivity index (χ0v) is 15.7. The van der Waals surface area contributed by atoms with Crippen molar-refractivity contribution in [3.8, 4) is 11.5 Å². The lowest BCUT2D eigenvalue weighted by Gasteiger charge is -2.26. The minimum atomic E-state index is -0.144. The SMILES string of the molecule is COc1ccc2c(c1)OC[C@H](C(=O)NCCC1=CSC3=NCCCN13)C2. The fourth-order valence-electron chi connectivity index (χ4n) is 3.44. The van der Waals surface area contributed by atoms with Crippen LogP contribution >= 0.6 is 11.8 Å². The Balaban J connectivity index is 1.28. The molecule has 1 amide bonds. The number of carbonyl (C=O) groups excluding carboxylic acids is 1. The van der Waals surface area contributed by atoms with Crippen molar-refractivity contribution in [2.75, 3.05) is 33.4 Å². The minimum absolute atomic E-state index is 0.0604. The molecule has 0 bridgehead atoms. The first-order valence-corrected chi connectivity index (χ1v) is 9.87. The molecule has 1 atom stereocenters. The van der Waals surface area contributed by atoms with Gasteiger partial charge in [-0.3, -0.25) is 9.79 Å². The van der Waals surface area contributed by atoms with E-state index < -0.39 is 0 Å². The zero-order valence-electron chi connectivity index (χ0n) is 14.9. The lowest BCUT2D eigenvalue weighted by molar-refractivity contribution is -0.126. The van der Waals surface area contributed by atoms with Crippen LogP contribution in [0, 0.1) is 5.92 Å². The van der Waals surface area contributed by atoms with Gasteiger partial charge in [0.05, 0.1) is 13.0 Å². The molecule has 4 rings (SSSR count). The number of ether oxygens (including phenoxy) is 2. The highest BCUT2D eigenvalue weighted by molar-refractivity contribution is 8.16. The molecule has 0 fully saturated rings. The van der Waals surface area contributed by atoms with Gasteiger partial charge in [-0.15, -0.1) is 0 Å². The summed E-state index contributed by atoms with van der Waals surface area (Å²) in [6, 6.07) is 5.77. The van der Waals surface area contributed by atoms with E-state index in [0.29, 0.717) is 19.6 Å². The Hall–Kier alpha value is -2.15. The van der Waals surface area contributed by atoms with Gasteiger partial charge in [-0.2, -0.15) is 0 Å². The number of methoxy groups -OCH3 is 1. The van der Waals surface area contributed by atoms with Gasteiger partial charge < -0.3 is 19.7 Å². The average molecular weight is 373 g/mol. The molecule has 0 spiro atoms. The van der Waals surface area contributed by atoms with Gasteiger partial charge in [0.1, 0.15) is 18.1 Å². The van der Waals surface area contributed by atoms with E-state index in [1.165, 1.54) is 5.70 Å². The van der Waals surface area contributed by atoms with Crippen LogP contribution in [0.5, 0.6) is 11.5 Å². The van der Waals surface area contributed by atoms with Crippen molar-refractivity contribution in [1.82, 2.24) is 10.2 Å². The van der Waals surface area contributed by atoms with E-state index >= 15 is 0 Å². The Bertz CT molecular complexity index is 762. The molecule has 0 radical (unpaired) electrons. The highest BCUT2D eigenvalue weighted by atomic mass is 32.2. The summed E-state index contributed by atoms with van der Waals surface area (Å²) in [6.45, 7) is 3.00. The van der Waals surface area contributed by atoms with Crippen molar-refractivity contribution in [1.29, 1.82) is 0 Å². The van der Waals surface area contributed by atoms with Gasteiger partial charge >= 0.3 is 0 Å². The number of hydrogen-bond acceptors (Lipinski definition) is 6. The van der Waals surface area contributed by atoms with E-state index in [0.717, 1.165) is 48.2 Å². The Morgan fingerprint density at radius 2 is 2.42 bits per heavy atom. The van der Waals surface area contributed by atoms with Gasteiger partial charge in [-0.1, -0.05) is 17.8 Å². The smallest absolute Gasteiger partial charge is 0.226 e. The van der Waals surface area contributed by atoms with Crippen LogP contribution in [0.2, 0.25) is 0 Å². The maximum Gasteiger partial charge on any atom is 0.226 e. The number of amidine groups is 1. The number of amides is 1. The molecule has 0 unspecified atom stereocenters. The first-order chi connectivity index (χ1) is 12.7. The van der Waals surface area contributed by atoms with Crippen LogP contribution in [0.25, 0.3) is 0 Å². The fraction of sp³-hybridized carbons (Fsp3) is 0.474. The monoisotopic (exact) mass is 373 g/mol. The molecule has 138 valence electrons. The predicted octanol–water partition coefficient (Wildman–Crippen LogP) is 2.40. The number of rotatable bonds is 5. The number of thioether (sulfide) groups is 1. The summed E-state index contributed by atoms with van der Waals surface area (Å²) < 4.78 is 11.0. The van der Waals surface area contributed by atoms with E-state index in [-0.39, 0.29) is 11.8 Å². The van der Waals surface area contributed by atoms with Crippen molar-refractivity contribution in [3.63, 3.8) is 0 Å². The fourth-order valence-corrected chi connectivity index (χ4v) is 4.42. The third-order valence-electron chi connectivity index (χ3n) is 4.90. The molecular weight excluding hydrogens is 350 g/mol. The second-order valence-corrected chi connectivity index (χ2v) is 7.46. The van der Waals surface area contributed by atoms with Crippen LogP contribution in [0.4, 0.5) is 0 Å². The molecule has 0 saturated heterocycles. The van der Waals surface area contributed by atoms with Crippen molar-refractivity contribution in [2.24, 2.45) is 10.9 Å². The van der Waals surface area contributed by atoms with Gasteiger partial charge in [0.25, 0.3) is 0 Å². The van der Waals surface area contributed by atoms with Crippen molar-refractivity contribution >= 4 is 22.8 Å². The van der Waals surface area contributed by atoms with E-state index in [1.807, 2.05) is 18.2 Å². The third-order valence-corrected chi connectivity index (χ3v) is 5.85. The molecule has 26 heavy (non-hydrogen) atoms. The van der Waals surface area contributed by atoms with Crippen LogP contribution in [-0.2, 0) is 11.2 Å². The van der Waals surface area contributed by atoms with Gasteiger partial charge in [0.2, 0.25) is 5.91 Å². The van der Waals surface area contributed by atoms with Crippen LogP contribution in [-0.4, -0.2) is 49.3 Å². The molecule has 7 heteroatoms. The molecule has 1 aromatic rings. The van der Waals surface area contributed by atoms with Crippen LogP contribution < -0.4 is 14.8 Å². The average Bonchev–Trinajstić information content (AvgIpc) is 3.10. The van der Waals surface area contributed by atoms with Gasteiger partial charge in [-0.25, -0.2) is 0 Å². The molecule has 6 nitrogen and oxygen atoms in total. The summed E-state index contributed by atoms with van der Waals surface area (Å²) in [5.74, 6) is 1.51. The summed E-state index contributed by atoms with van der Waals surface area (Å²) >= 11 is 1.69. The number of nitrogens with one attached hydrogen (secondary N) is 1. The molecule has 3 heterocycles. The first kappa shape index (κ1) is 17.3. The van der Waals surface area contributed by atoms with Crippen LogP contribution in [0.3, 0.4) is 0 Å². The molecule has 0 aromatic heterocycles. The van der Waals surface area contributed by atoms with Crippen LogP contribution in [0.1, 0.15) is 18.4 Å². The summed E-state index contributed by atoms with van der Waals surface area (Å²) in [6.07, 6.45) is 2.63. The summed E-state index contributed by atoms with van der Waals surface area (Å²) in [7, 11) is 1.64. The molecule has 0 saturated carbocycles. The normalized spacial score (nSPS) is 21.1. The summed E-state index contributed by atoms with van der Waals surface area (Å²) in [5.41, 5.74) is 2.31. The Morgan fingerprint density at radius 1 is 1.50 bits per heavy atom. The quantitative estimate of drug-likeness (QED) is 0.859. The lowest BCUT2D eigenvalue weighted by atomic mass is 9.96. The third kappa shape index (κ3) is 3.53. The highest BCUT2D eigenvalue weighted by Gasteiger charge is 2.27. The zero-order chi connectivity index (χ0) is 17.9. The number of aliphatic imine (C=N–C) groups is 1. The van der Waals surface area contributed by atoms with Gasteiger partial charge in [0, 0.05) is 37.8 Å². The first-order valence-electron chi connectivity index (χ1n) is 8.99. The molecule has 1 N–H and O–H groups in total. The van der Waals surface area contributed by atoms with E-state index in [1.54, 1.807) is 18.9 Å². The Labute approximate surface area is 157 Å². The van der Waals surface area contributed by atoms with Gasteiger partial charge in [0.15, 0.2) is 5.17 Å². The van der Waals surface area contributed by atoms with Crippen LogP contribution in [0.15, 0.2) is 34.3 Å². The Kier molecular flexibility index (Phi) is 5.06. The number of hydrogen-bond donors (Lipinski definition) is 1. The second kappa shape index (κ2) is 7.61. The van der Waals surface area contributed by atoms with E-state index in [2.05, 4.69) is 20.6 Å². The maximum absolute atomic E-state index is 12.5. The molecular formula is C19H23N3O3S. The lowest BCUT2D eigenvalue weighted by Crippen LogP contribution is -2.38.